The number of esters is 3. The number of carbonyl (C=O) groups is 4. The molecule has 12 rings (SSSR count). The lowest BCUT2D eigenvalue weighted by atomic mass is 9.96. The van der Waals surface area contributed by atoms with Crippen LogP contribution in [0.5, 0.6) is 0 Å². The van der Waals surface area contributed by atoms with Crippen LogP contribution in [0.3, 0.4) is 0 Å². The number of rotatable bonds is 8. The Morgan fingerprint density at radius 2 is 0.988 bits per heavy atom. The third kappa shape index (κ3) is 13.0. The number of ether oxygens (including phenoxy) is 3. The Kier molecular flexibility index (Phi) is 18.6. The summed E-state index contributed by atoms with van der Waals surface area (Å²) in [7, 11) is 4.05. The average molecular weight is 1350 g/mol. The van der Waals surface area contributed by atoms with Crippen molar-refractivity contribution in [1.29, 1.82) is 0 Å². The second-order valence-corrected chi connectivity index (χ2v) is 24.0. The van der Waals surface area contributed by atoms with Crippen LogP contribution in [0.1, 0.15) is 38.7 Å². The molecule has 0 unspecified atom stereocenters. The van der Waals surface area contributed by atoms with E-state index in [1.807, 2.05) is 60.8 Å². The number of thiophene rings is 4. The van der Waals surface area contributed by atoms with Gasteiger partial charge in [0.15, 0.2) is 12.4 Å². The van der Waals surface area contributed by atoms with E-state index in [4.69, 9.17) is 16.6 Å². The zero-order chi connectivity index (χ0) is 56.6. The van der Waals surface area contributed by atoms with Crippen molar-refractivity contribution in [2.45, 2.75) is 0 Å². The lowest BCUT2D eigenvalue weighted by molar-refractivity contribution is -0.604. The number of carboxylic acids is 1. The number of hydrogen-bond donors (Lipinski definition) is 1. The van der Waals surface area contributed by atoms with Crippen molar-refractivity contribution in [3.63, 3.8) is 0 Å². The molecular formula is C59H38Br3ClN4O9S4. The van der Waals surface area contributed by atoms with Crippen molar-refractivity contribution in [2.24, 2.45) is 0 Å². The van der Waals surface area contributed by atoms with Gasteiger partial charge in [-0.2, -0.15) is 4.73 Å². The van der Waals surface area contributed by atoms with Crippen LogP contribution >= 0.6 is 105 Å². The maximum absolute atomic E-state index is 11.9. The molecule has 8 aromatic heterocycles. The predicted octanol–water partition coefficient (Wildman–Crippen LogP) is 17.1. The minimum Gasteiger partial charge on any atom is -0.619 e. The number of benzene rings is 4. The lowest BCUT2D eigenvalue weighted by Crippen LogP contribution is -2.23. The quantitative estimate of drug-likeness (QED) is 0.0500. The molecule has 0 aliphatic heterocycles. The molecule has 0 saturated carbocycles. The third-order valence-electron chi connectivity index (χ3n) is 11.8. The van der Waals surface area contributed by atoms with Crippen molar-refractivity contribution in [3.05, 3.63) is 214 Å². The van der Waals surface area contributed by atoms with E-state index < -0.39 is 5.97 Å². The summed E-state index contributed by atoms with van der Waals surface area (Å²) in [4.78, 5) is 60.5. The van der Waals surface area contributed by atoms with E-state index in [0.717, 1.165) is 93.9 Å². The molecule has 400 valence electrons. The van der Waals surface area contributed by atoms with Gasteiger partial charge in [0, 0.05) is 66.4 Å². The topological polar surface area (TPSA) is 182 Å². The molecular weight excluding hydrogens is 1310 g/mol. The van der Waals surface area contributed by atoms with E-state index in [0.29, 0.717) is 33.9 Å². The van der Waals surface area contributed by atoms with Crippen molar-refractivity contribution in [1.82, 2.24) is 15.0 Å². The van der Waals surface area contributed by atoms with Gasteiger partial charge in [0.25, 0.3) is 0 Å². The molecule has 4 aromatic carbocycles. The van der Waals surface area contributed by atoms with Gasteiger partial charge >= 0.3 is 23.9 Å². The summed E-state index contributed by atoms with van der Waals surface area (Å²) < 4.78 is 20.3. The van der Waals surface area contributed by atoms with Gasteiger partial charge in [-0.1, -0.05) is 109 Å². The standard InChI is InChI=1S/C32H21NO2S.C9H5BrClNO2S.C9H6BrNO3S.C9H6BrNO2S/c34-32(35)29-19-27-28(25-15-7-13-23(17-25)21-9-3-1-4-10-21)20-33-30(31(27)36-29)26-16-8-14-24(18-26)22-11-5-2-6-12-22;1-14-9(13)6-2-4-5(10)3-12-8(11)7(4)15-6;1-14-9(12)7-2-5-6(10)3-11(13)4-8(5)15-7;1-13-9(12)7-2-5-6(10)3-11-4-8(5)14-7/h1-20H,(H,34,35);2-3H,1H3;2-4H,1H3;2-4H,1H3. The highest BCUT2D eigenvalue weighted by atomic mass is 79.9. The van der Waals surface area contributed by atoms with Gasteiger partial charge in [0.2, 0.25) is 0 Å². The number of methoxy groups -OCH3 is 3. The zero-order valence-corrected chi connectivity index (χ0v) is 50.6. The van der Waals surface area contributed by atoms with Gasteiger partial charge in [0.05, 0.1) is 45.6 Å². The van der Waals surface area contributed by atoms with Crippen LogP contribution in [-0.4, -0.2) is 65.3 Å². The Hall–Kier alpha value is -7.27. The fourth-order valence-electron chi connectivity index (χ4n) is 8.05. The van der Waals surface area contributed by atoms with Crippen LogP contribution in [0.25, 0.3) is 85.0 Å². The molecule has 13 nitrogen and oxygen atoms in total. The summed E-state index contributed by atoms with van der Waals surface area (Å²) in [6.07, 6.45) is 9.74. The molecule has 0 spiro atoms. The van der Waals surface area contributed by atoms with E-state index in [2.05, 4.69) is 127 Å². The Balaban J connectivity index is 0.000000145. The molecule has 0 bridgehead atoms. The molecule has 21 heteroatoms. The number of halogens is 4. The number of carbonyl (C=O) groups excluding carboxylic acids is 3. The first-order valence-corrected chi connectivity index (χ1v) is 29.5. The van der Waals surface area contributed by atoms with Crippen LogP contribution in [0, 0.1) is 5.21 Å². The van der Waals surface area contributed by atoms with Gasteiger partial charge in [-0.05, 0) is 112 Å². The molecule has 0 aliphatic carbocycles. The van der Waals surface area contributed by atoms with Crippen LogP contribution < -0.4 is 4.73 Å². The first-order chi connectivity index (χ1) is 38.6. The van der Waals surface area contributed by atoms with Crippen LogP contribution in [0.15, 0.2) is 184 Å². The van der Waals surface area contributed by atoms with E-state index in [-0.39, 0.29) is 17.9 Å². The SMILES string of the molecule is COC(=O)c1cc2c(Br)c[n+]([O-])cc2s1.COC(=O)c1cc2c(Br)cnc(Cl)c2s1.COC(=O)c1cc2c(Br)cncc2s1.O=C(O)c1cc2c(-c3cccc(-c4ccccc4)c3)cnc(-c3cccc(-c4ccccc4)c3)c2s1. The molecule has 80 heavy (non-hydrogen) atoms. The van der Waals surface area contributed by atoms with E-state index >= 15 is 0 Å². The molecule has 1 N–H and O–H groups in total. The number of nitrogens with zero attached hydrogens (tertiary/aromatic N) is 4. The fourth-order valence-corrected chi connectivity index (χ4v) is 14.1. The summed E-state index contributed by atoms with van der Waals surface area (Å²) in [6, 6.07) is 44.0. The average Bonchev–Trinajstić information content (AvgIpc) is 4.34. The van der Waals surface area contributed by atoms with Crippen molar-refractivity contribution >= 4 is 169 Å². The molecule has 0 aliphatic rings. The van der Waals surface area contributed by atoms with Gasteiger partial charge in [0.1, 0.15) is 29.4 Å². The van der Waals surface area contributed by atoms with Crippen LogP contribution in [-0.2, 0) is 14.2 Å². The maximum Gasteiger partial charge on any atom is 0.348 e. The van der Waals surface area contributed by atoms with E-state index in [1.54, 1.807) is 42.9 Å². The van der Waals surface area contributed by atoms with Gasteiger partial charge in [-0.25, -0.2) is 24.2 Å². The number of pyridine rings is 4. The highest BCUT2D eigenvalue weighted by Gasteiger charge is 2.20. The summed E-state index contributed by atoms with van der Waals surface area (Å²) >= 11 is 21.1. The first kappa shape index (κ1) is 57.4. The number of carboxylic acid groups (broad SMARTS) is 1. The predicted molar refractivity (Wildman–Crippen MR) is 330 cm³/mol. The van der Waals surface area contributed by atoms with E-state index in [9.17, 15) is 29.5 Å². The smallest absolute Gasteiger partial charge is 0.348 e. The Labute approximate surface area is 502 Å². The zero-order valence-electron chi connectivity index (χ0n) is 41.8. The molecule has 0 atom stereocenters. The van der Waals surface area contributed by atoms with Gasteiger partial charge in [-0.15, -0.1) is 45.3 Å². The minimum atomic E-state index is -0.927. The molecule has 0 radical (unpaired) electrons. The number of fused-ring (bicyclic) bond motifs is 4. The Morgan fingerprint density at radius 1 is 0.500 bits per heavy atom. The lowest BCUT2D eigenvalue weighted by Gasteiger charge is -2.11. The summed E-state index contributed by atoms with van der Waals surface area (Å²) in [5.74, 6) is -1.98. The summed E-state index contributed by atoms with van der Waals surface area (Å²) in [5.41, 5.74) is 8.15. The Bertz CT molecular complexity index is 4130. The highest BCUT2D eigenvalue weighted by molar-refractivity contribution is 9.11. The van der Waals surface area contributed by atoms with Crippen molar-refractivity contribution in [2.75, 3.05) is 21.3 Å². The number of aromatic nitrogens is 4. The Morgan fingerprint density at radius 3 is 1.56 bits per heavy atom. The third-order valence-corrected chi connectivity index (χ3v) is 18.5. The van der Waals surface area contributed by atoms with Crippen molar-refractivity contribution in [3.8, 4) is 44.6 Å². The monoisotopic (exact) mass is 1350 g/mol. The second-order valence-electron chi connectivity index (χ2n) is 16.8. The van der Waals surface area contributed by atoms with Crippen LogP contribution in [0.4, 0.5) is 0 Å². The maximum atomic E-state index is 11.9. The largest absolute Gasteiger partial charge is 0.619 e. The molecule has 12 aromatic rings. The number of hydrogen-bond acceptors (Lipinski definition) is 15. The fraction of sp³-hybridized carbons (Fsp3) is 0.0508. The first-order valence-electron chi connectivity index (χ1n) is 23.5. The van der Waals surface area contributed by atoms with E-state index in [1.165, 1.54) is 79.1 Å². The highest BCUT2D eigenvalue weighted by Crippen LogP contribution is 2.41. The molecule has 0 saturated heterocycles. The second kappa shape index (κ2) is 25.9. The normalized spacial score (nSPS) is 10.7. The van der Waals surface area contributed by atoms with Gasteiger partial charge < -0.3 is 24.5 Å². The minimum absolute atomic E-state index is 0.305. The molecule has 0 fully saturated rings. The molecule has 0 amide bonds. The summed E-state index contributed by atoms with van der Waals surface area (Å²) in [6.45, 7) is 0. The molecule has 8 heterocycles. The summed E-state index contributed by atoms with van der Waals surface area (Å²) in [5, 5.41) is 24.9. The van der Waals surface area contributed by atoms with Crippen molar-refractivity contribution < 1.29 is 43.2 Å². The van der Waals surface area contributed by atoms with Gasteiger partial charge in [-0.3, -0.25) is 9.97 Å². The number of aromatic carboxylic acids is 1. The van der Waals surface area contributed by atoms with Crippen LogP contribution in [0.2, 0.25) is 5.15 Å².